The van der Waals surface area contributed by atoms with E-state index in [1.165, 1.54) is 0 Å². The Morgan fingerprint density at radius 2 is 2.29 bits per heavy atom. The molecule has 2 fully saturated rings. The molecule has 2 saturated heterocycles. The third-order valence-electron chi connectivity index (χ3n) is 2.64. The van der Waals surface area contributed by atoms with E-state index in [-0.39, 0.29) is 29.7 Å². The number of rotatable bonds is 3. The molecule has 2 N–H and O–H groups in total. The zero-order chi connectivity index (χ0) is 10.2. The van der Waals surface area contributed by atoms with Crippen molar-refractivity contribution >= 4 is 11.8 Å². The van der Waals surface area contributed by atoms with Gasteiger partial charge in [0, 0.05) is 12.0 Å². The van der Waals surface area contributed by atoms with Crippen LogP contribution in [0.15, 0.2) is 0 Å². The Morgan fingerprint density at radius 1 is 1.57 bits per heavy atom. The molecule has 2 aliphatic rings. The molecule has 0 saturated carbocycles. The lowest BCUT2D eigenvalue weighted by atomic mass is 9.88. The zero-order valence-electron chi connectivity index (χ0n) is 8.13. The molecule has 2 heterocycles. The Kier molecular flexibility index (Phi) is 2.28. The Hall–Kier alpha value is -0.940. The van der Waals surface area contributed by atoms with Crippen LogP contribution in [0.3, 0.4) is 0 Å². The van der Waals surface area contributed by atoms with Gasteiger partial charge in [0.1, 0.15) is 0 Å². The monoisotopic (exact) mass is 198 g/mol. The highest BCUT2D eigenvalue weighted by Crippen LogP contribution is 2.25. The average molecular weight is 198 g/mol. The maximum absolute atomic E-state index is 11.2. The van der Waals surface area contributed by atoms with E-state index in [0.29, 0.717) is 0 Å². The van der Waals surface area contributed by atoms with Gasteiger partial charge in [0.05, 0.1) is 25.7 Å². The van der Waals surface area contributed by atoms with Crippen molar-refractivity contribution in [2.24, 2.45) is 5.41 Å². The molecule has 1 atom stereocenters. The van der Waals surface area contributed by atoms with Gasteiger partial charge in [0.15, 0.2) is 0 Å². The van der Waals surface area contributed by atoms with E-state index in [9.17, 15) is 9.59 Å². The highest BCUT2D eigenvalue weighted by Gasteiger charge is 2.36. The van der Waals surface area contributed by atoms with Crippen LogP contribution in [0.5, 0.6) is 0 Å². The molecule has 0 aromatic heterocycles. The van der Waals surface area contributed by atoms with Crippen molar-refractivity contribution in [2.75, 3.05) is 19.8 Å². The number of carbonyl (C=O) groups excluding carboxylic acids is 2. The van der Waals surface area contributed by atoms with Crippen LogP contribution in [0, 0.1) is 5.41 Å². The fraction of sp³-hybridized carbons (Fsp3) is 0.778. The summed E-state index contributed by atoms with van der Waals surface area (Å²) < 4.78 is 5.09. The standard InChI is InChI=1S/C9H14N2O3/c1-9(4-14-5-9)3-10-6-2-7(12)11-8(6)13/h6,10H,2-5H2,1H3,(H,11,12,13). The molecule has 0 aromatic carbocycles. The lowest BCUT2D eigenvalue weighted by Gasteiger charge is -2.38. The predicted molar refractivity (Wildman–Crippen MR) is 48.5 cm³/mol. The number of ether oxygens (including phenoxy) is 1. The van der Waals surface area contributed by atoms with Gasteiger partial charge >= 0.3 is 0 Å². The first-order valence-corrected chi connectivity index (χ1v) is 4.74. The Balaban J connectivity index is 1.80. The molecule has 0 spiro atoms. The molecule has 2 amide bonds. The first kappa shape index (κ1) is 9.61. The van der Waals surface area contributed by atoms with Gasteiger partial charge in [0.2, 0.25) is 11.8 Å². The van der Waals surface area contributed by atoms with Crippen molar-refractivity contribution in [1.29, 1.82) is 0 Å². The summed E-state index contributed by atoms with van der Waals surface area (Å²) in [4.78, 5) is 22.1. The summed E-state index contributed by atoms with van der Waals surface area (Å²) in [5.74, 6) is -0.402. The molecule has 0 radical (unpaired) electrons. The number of amides is 2. The van der Waals surface area contributed by atoms with Crippen LogP contribution in [0.1, 0.15) is 13.3 Å². The average Bonchev–Trinajstić information content (AvgIpc) is 2.38. The zero-order valence-corrected chi connectivity index (χ0v) is 8.13. The molecule has 0 aliphatic carbocycles. The maximum atomic E-state index is 11.2. The number of hydrogen-bond acceptors (Lipinski definition) is 4. The van der Waals surface area contributed by atoms with Crippen LogP contribution in [0.4, 0.5) is 0 Å². The second-order valence-corrected chi connectivity index (χ2v) is 4.35. The van der Waals surface area contributed by atoms with E-state index in [0.717, 1.165) is 19.8 Å². The summed E-state index contributed by atoms with van der Waals surface area (Å²) in [6.07, 6.45) is 0.260. The predicted octanol–water partition coefficient (Wildman–Crippen LogP) is -0.972. The Morgan fingerprint density at radius 3 is 2.71 bits per heavy atom. The molecular weight excluding hydrogens is 184 g/mol. The van der Waals surface area contributed by atoms with Crippen LogP contribution in [0.2, 0.25) is 0 Å². The molecule has 0 bridgehead atoms. The summed E-state index contributed by atoms with van der Waals surface area (Å²) in [6.45, 7) is 4.26. The van der Waals surface area contributed by atoms with Crippen molar-refractivity contribution in [3.8, 4) is 0 Å². The molecule has 2 aliphatic heterocycles. The summed E-state index contributed by atoms with van der Waals surface area (Å²) in [5.41, 5.74) is 0.131. The van der Waals surface area contributed by atoms with E-state index in [2.05, 4.69) is 17.6 Å². The number of hydrogen-bond donors (Lipinski definition) is 2. The fourth-order valence-electron chi connectivity index (χ4n) is 1.64. The molecule has 2 rings (SSSR count). The molecular formula is C9H14N2O3. The van der Waals surface area contributed by atoms with Crippen LogP contribution >= 0.6 is 0 Å². The van der Waals surface area contributed by atoms with Gasteiger partial charge in [-0.25, -0.2) is 0 Å². The van der Waals surface area contributed by atoms with E-state index < -0.39 is 0 Å². The fourth-order valence-corrected chi connectivity index (χ4v) is 1.64. The van der Waals surface area contributed by atoms with Gasteiger partial charge < -0.3 is 10.1 Å². The van der Waals surface area contributed by atoms with Crippen molar-refractivity contribution in [1.82, 2.24) is 10.6 Å². The second-order valence-electron chi connectivity index (χ2n) is 4.35. The van der Waals surface area contributed by atoms with Crippen LogP contribution in [-0.2, 0) is 14.3 Å². The lowest BCUT2D eigenvalue weighted by Crippen LogP contribution is -2.50. The SMILES string of the molecule is CC1(CNC2CC(=O)NC2=O)COC1. The largest absolute Gasteiger partial charge is 0.380 e. The minimum atomic E-state index is -0.347. The van der Waals surface area contributed by atoms with E-state index in [1.807, 2.05) is 0 Å². The highest BCUT2D eigenvalue weighted by atomic mass is 16.5. The van der Waals surface area contributed by atoms with Crippen LogP contribution < -0.4 is 10.6 Å². The van der Waals surface area contributed by atoms with Crippen molar-refractivity contribution < 1.29 is 14.3 Å². The Bertz CT molecular complexity index is 273. The van der Waals surface area contributed by atoms with Crippen molar-refractivity contribution in [3.05, 3.63) is 0 Å². The molecule has 78 valence electrons. The van der Waals surface area contributed by atoms with Crippen LogP contribution in [0.25, 0.3) is 0 Å². The molecule has 1 unspecified atom stereocenters. The molecule has 0 aromatic rings. The van der Waals surface area contributed by atoms with Crippen LogP contribution in [-0.4, -0.2) is 37.6 Å². The lowest BCUT2D eigenvalue weighted by molar-refractivity contribution is -0.125. The summed E-state index contributed by atoms with van der Waals surface area (Å²) in [6, 6.07) is -0.347. The first-order chi connectivity index (χ1) is 6.59. The van der Waals surface area contributed by atoms with Gasteiger partial charge in [0.25, 0.3) is 0 Å². The van der Waals surface area contributed by atoms with Crippen molar-refractivity contribution in [3.63, 3.8) is 0 Å². The van der Waals surface area contributed by atoms with Gasteiger partial charge in [-0.05, 0) is 0 Å². The summed E-state index contributed by atoms with van der Waals surface area (Å²) in [7, 11) is 0. The smallest absolute Gasteiger partial charge is 0.244 e. The van der Waals surface area contributed by atoms with Gasteiger partial charge in [-0.1, -0.05) is 6.92 Å². The molecule has 14 heavy (non-hydrogen) atoms. The summed E-state index contributed by atoms with van der Waals surface area (Å²) in [5, 5.41) is 5.36. The van der Waals surface area contributed by atoms with Gasteiger partial charge in [-0.15, -0.1) is 0 Å². The quantitative estimate of drug-likeness (QED) is 0.572. The maximum Gasteiger partial charge on any atom is 0.244 e. The first-order valence-electron chi connectivity index (χ1n) is 4.74. The summed E-state index contributed by atoms with van der Waals surface area (Å²) >= 11 is 0. The molecule has 5 heteroatoms. The van der Waals surface area contributed by atoms with Gasteiger partial charge in [-0.2, -0.15) is 0 Å². The highest BCUT2D eigenvalue weighted by molar-refractivity contribution is 6.05. The third-order valence-corrected chi connectivity index (χ3v) is 2.64. The number of imide groups is 1. The van der Waals surface area contributed by atoms with E-state index >= 15 is 0 Å². The van der Waals surface area contributed by atoms with Crippen molar-refractivity contribution in [2.45, 2.75) is 19.4 Å². The van der Waals surface area contributed by atoms with E-state index in [4.69, 9.17) is 4.74 Å². The normalized spacial score (nSPS) is 29.9. The molecule has 5 nitrogen and oxygen atoms in total. The van der Waals surface area contributed by atoms with Gasteiger partial charge in [-0.3, -0.25) is 14.9 Å². The number of nitrogens with one attached hydrogen (secondary N) is 2. The topological polar surface area (TPSA) is 67.4 Å². The third kappa shape index (κ3) is 1.78. The Labute approximate surface area is 82.2 Å². The minimum absolute atomic E-state index is 0.131. The van der Waals surface area contributed by atoms with E-state index in [1.54, 1.807) is 0 Å². The minimum Gasteiger partial charge on any atom is -0.380 e. The number of carbonyl (C=O) groups is 2. The second kappa shape index (κ2) is 3.33.